The molecular weight excluding hydrogens is 454 g/mol. The maximum absolute atomic E-state index is 12.2. The van der Waals surface area contributed by atoms with E-state index in [-0.39, 0.29) is 23.1 Å². The number of rotatable bonds is 6. The van der Waals surface area contributed by atoms with E-state index in [4.69, 9.17) is 0 Å². The second-order valence-electron chi connectivity index (χ2n) is 7.41. The van der Waals surface area contributed by atoms with Gasteiger partial charge in [0.25, 0.3) is 0 Å². The Morgan fingerprint density at radius 3 is 2.32 bits per heavy atom. The molecule has 3 aromatic carbocycles. The number of thiol groups is 1. The van der Waals surface area contributed by atoms with Crippen LogP contribution in [-0.4, -0.2) is 32.6 Å². The topological polar surface area (TPSA) is 111 Å². The normalized spacial score (nSPS) is 11.0. The average molecular weight is 474 g/mol. The van der Waals surface area contributed by atoms with Gasteiger partial charge in [-0.3, -0.25) is 9.59 Å². The smallest absolute Gasteiger partial charge is 0.350 e. The predicted octanol–water partition coefficient (Wildman–Crippen LogP) is 4.80. The lowest BCUT2D eigenvalue weighted by Crippen LogP contribution is -2.07. The summed E-state index contributed by atoms with van der Waals surface area (Å²) < 4.78 is 5.30. The lowest BCUT2D eigenvalue weighted by molar-refractivity contribution is -0.111. The molecule has 34 heavy (non-hydrogen) atoms. The largest absolute Gasteiger partial charge is 0.426 e. The van der Waals surface area contributed by atoms with Crippen LogP contribution in [0.25, 0.3) is 28.5 Å². The number of imidazole rings is 1. The Bertz CT molecular complexity index is 1420. The minimum atomic E-state index is -0.643. The molecule has 0 saturated heterocycles. The van der Waals surface area contributed by atoms with E-state index in [9.17, 15) is 19.6 Å². The molecule has 0 aliphatic rings. The van der Waals surface area contributed by atoms with Crippen LogP contribution in [-0.2, 0) is 8.98 Å². The summed E-state index contributed by atoms with van der Waals surface area (Å²) in [7, 11) is 0. The maximum Gasteiger partial charge on any atom is 0.350 e. The summed E-state index contributed by atoms with van der Waals surface area (Å²) in [5.74, 6) is -0.703. The molecule has 0 saturated carbocycles. The molecule has 9 heteroatoms. The first kappa shape index (κ1) is 22.8. The molecule has 4 rings (SSSR count). The quantitative estimate of drug-likeness (QED) is 0.122. The van der Waals surface area contributed by atoms with Crippen LogP contribution < -0.4 is 5.32 Å². The van der Waals surface area contributed by atoms with Crippen molar-refractivity contribution >= 4 is 53.4 Å². The molecule has 0 fully saturated rings. The molecule has 2 N–H and O–H groups in total. The molecule has 0 unspecified atom stereocenters. The van der Waals surface area contributed by atoms with Crippen LogP contribution >= 0.6 is 12.9 Å². The molecular formula is C25H19N3O5S. The van der Waals surface area contributed by atoms with E-state index in [0.717, 1.165) is 10.3 Å². The van der Waals surface area contributed by atoms with Crippen LogP contribution in [0.5, 0.6) is 0 Å². The fourth-order valence-corrected chi connectivity index (χ4v) is 3.42. The number of aromatic nitrogens is 2. The number of hydrogen-bond donors (Lipinski definition) is 3. The number of ketones is 1. The van der Waals surface area contributed by atoms with Gasteiger partial charge in [0.15, 0.2) is 11.6 Å². The molecule has 1 amide bonds. The van der Waals surface area contributed by atoms with Gasteiger partial charge in [0.2, 0.25) is 5.91 Å². The Morgan fingerprint density at radius 1 is 1.00 bits per heavy atom. The van der Waals surface area contributed by atoms with Crippen molar-refractivity contribution in [2.45, 2.75) is 6.92 Å². The number of carbonyl (C=O) groups excluding carboxylic acids is 3. The molecule has 0 aliphatic carbocycles. The number of hydrogen-bond acceptors (Lipinski definition) is 7. The first-order chi connectivity index (χ1) is 16.4. The Kier molecular flexibility index (Phi) is 6.46. The molecule has 0 radical (unpaired) electrons. The summed E-state index contributed by atoms with van der Waals surface area (Å²) in [5.41, 5.74) is 3.63. The molecule has 0 atom stereocenters. The highest BCUT2D eigenvalue weighted by molar-refractivity contribution is 7.75. The van der Waals surface area contributed by atoms with E-state index in [2.05, 4.69) is 27.4 Å². The molecule has 0 spiro atoms. The van der Waals surface area contributed by atoms with Crippen molar-refractivity contribution in [3.63, 3.8) is 0 Å². The van der Waals surface area contributed by atoms with Crippen molar-refractivity contribution in [1.82, 2.24) is 9.71 Å². The van der Waals surface area contributed by atoms with Crippen molar-refractivity contribution < 1.29 is 23.8 Å². The van der Waals surface area contributed by atoms with Gasteiger partial charge < -0.3 is 14.7 Å². The van der Waals surface area contributed by atoms with Crippen molar-refractivity contribution in [3.8, 4) is 11.4 Å². The molecule has 0 aliphatic heterocycles. The van der Waals surface area contributed by atoms with Crippen LogP contribution in [0, 0.1) is 0 Å². The second-order valence-corrected chi connectivity index (χ2v) is 7.59. The average Bonchev–Trinajstić information content (AvgIpc) is 3.18. The van der Waals surface area contributed by atoms with Crippen LogP contribution in [0.2, 0.25) is 0 Å². The van der Waals surface area contributed by atoms with Crippen molar-refractivity contribution in [1.29, 1.82) is 0 Å². The third kappa shape index (κ3) is 4.84. The van der Waals surface area contributed by atoms with E-state index in [1.54, 1.807) is 60.7 Å². The van der Waals surface area contributed by atoms with Gasteiger partial charge in [0, 0.05) is 35.8 Å². The summed E-state index contributed by atoms with van der Waals surface area (Å²) in [4.78, 5) is 39.7. The van der Waals surface area contributed by atoms with E-state index < -0.39 is 5.97 Å². The van der Waals surface area contributed by atoms with Gasteiger partial charge in [0.1, 0.15) is 5.52 Å². The molecule has 170 valence electrons. The van der Waals surface area contributed by atoms with Crippen LogP contribution in [0.15, 0.2) is 72.8 Å². The van der Waals surface area contributed by atoms with Gasteiger partial charge in [-0.15, -0.1) is 0 Å². The second kappa shape index (κ2) is 9.63. The molecule has 1 heterocycles. The lowest BCUT2D eigenvalue weighted by atomic mass is 10.1. The first-order valence-electron chi connectivity index (χ1n) is 10.1. The minimum absolute atomic E-state index is 0.0172. The number of nitrogens with zero attached hydrogens (tertiary/aromatic N) is 2. The number of anilines is 1. The Hall–Kier alpha value is -4.37. The Morgan fingerprint density at radius 2 is 1.68 bits per heavy atom. The predicted molar refractivity (Wildman–Crippen MR) is 131 cm³/mol. The molecule has 4 aromatic rings. The van der Waals surface area contributed by atoms with E-state index in [0.29, 0.717) is 27.8 Å². The zero-order chi connectivity index (χ0) is 24.2. The minimum Gasteiger partial charge on any atom is -0.426 e. The van der Waals surface area contributed by atoms with Crippen molar-refractivity contribution in [2.24, 2.45) is 0 Å². The van der Waals surface area contributed by atoms with Crippen LogP contribution in [0.3, 0.4) is 0 Å². The van der Waals surface area contributed by atoms with E-state index >= 15 is 0 Å². The number of nitrogens with one attached hydrogen (secondary N) is 1. The number of fused-ring (bicyclic) bond motifs is 1. The lowest BCUT2D eigenvalue weighted by Gasteiger charge is -2.05. The van der Waals surface area contributed by atoms with Crippen LogP contribution in [0.1, 0.15) is 33.2 Å². The molecule has 8 nitrogen and oxygen atoms in total. The standard InChI is InChI=1S/C25H19N3O5S/c1-15(29)17-5-2-16(3-6-17)4-13-23(30)26-20-10-7-18(8-11-20)24-27-21-12-9-19(25(31)33-34)14-22(21)28(24)32/h2-14,32,34H,1H3,(H,26,30)/b13-4+. The van der Waals surface area contributed by atoms with Crippen LogP contribution in [0.4, 0.5) is 5.69 Å². The highest BCUT2D eigenvalue weighted by Crippen LogP contribution is 2.26. The van der Waals surface area contributed by atoms with Crippen molar-refractivity contribution in [2.75, 3.05) is 5.32 Å². The Labute approximate surface area is 200 Å². The highest BCUT2D eigenvalue weighted by atomic mass is 32.1. The van der Waals surface area contributed by atoms with Gasteiger partial charge in [-0.05, 0) is 61.0 Å². The summed E-state index contributed by atoms with van der Waals surface area (Å²) in [6, 6.07) is 18.3. The highest BCUT2D eigenvalue weighted by Gasteiger charge is 2.15. The maximum atomic E-state index is 12.2. The van der Waals surface area contributed by atoms with Crippen molar-refractivity contribution in [3.05, 3.63) is 89.5 Å². The van der Waals surface area contributed by atoms with Gasteiger partial charge in [-0.1, -0.05) is 24.3 Å². The number of Topliss-reactive ketones (excluding diaryl/α,β-unsaturated/α-hetero) is 1. The third-order valence-corrected chi connectivity index (χ3v) is 5.27. The summed E-state index contributed by atoms with van der Waals surface area (Å²) in [6.07, 6.45) is 3.05. The zero-order valence-corrected chi connectivity index (χ0v) is 18.8. The molecule has 0 bridgehead atoms. The summed E-state index contributed by atoms with van der Waals surface area (Å²) >= 11 is 3.50. The van der Waals surface area contributed by atoms with Gasteiger partial charge in [0.05, 0.1) is 11.1 Å². The van der Waals surface area contributed by atoms with Gasteiger partial charge in [-0.25, -0.2) is 9.78 Å². The summed E-state index contributed by atoms with van der Waals surface area (Å²) in [6.45, 7) is 1.50. The third-order valence-electron chi connectivity index (χ3n) is 5.10. The van der Waals surface area contributed by atoms with E-state index in [1.165, 1.54) is 25.1 Å². The van der Waals surface area contributed by atoms with Gasteiger partial charge in [-0.2, -0.15) is 4.73 Å². The SMILES string of the molecule is CC(=O)c1ccc(/C=C/C(=O)Nc2ccc(-c3nc4ccc(C(=O)OS)cc4n3O)cc2)cc1. The number of carbonyl (C=O) groups is 3. The van der Waals surface area contributed by atoms with Gasteiger partial charge >= 0.3 is 5.97 Å². The fraction of sp³-hybridized carbons (Fsp3) is 0.0400. The monoisotopic (exact) mass is 473 g/mol. The summed E-state index contributed by atoms with van der Waals surface area (Å²) in [5, 5.41) is 13.3. The zero-order valence-electron chi connectivity index (χ0n) is 17.9. The fourth-order valence-electron chi connectivity index (χ4n) is 3.32. The number of benzene rings is 3. The Balaban J connectivity index is 1.47. The number of amides is 1. The van der Waals surface area contributed by atoms with E-state index in [1.807, 2.05) is 0 Å². The first-order valence-corrected chi connectivity index (χ1v) is 10.5. The molecule has 1 aromatic heterocycles.